The van der Waals surface area contributed by atoms with E-state index < -0.39 is 5.25 Å². The molecule has 1 atom stereocenters. The number of carbonyl (C=O) groups is 2. The van der Waals surface area contributed by atoms with Gasteiger partial charge in [-0.1, -0.05) is 36.5 Å². The van der Waals surface area contributed by atoms with Gasteiger partial charge in [-0.25, -0.2) is 0 Å². The molecule has 0 bridgehead atoms. The molecule has 2 rings (SSSR count). The number of hydrogen-bond acceptors (Lipinski definition) is 5. The van der Waals surface area contributed by atoms with Gasteiger partial charge in [0, 0.05) is 18.3 Å². The van der Waals surface area contributed by atoms with Crippen molar-refractivity contribution in [1.29, 1.82) is 0 Å². The van der Waals surface area contributed by atoms with Crippen LogP contribution in [0, 0.1) is 0 Å². The Kier molecular flexibility index (Phi) is 4.78. The summed E-state index contributed by atoms with van der Waals surface area (Å²) >= 11 is 1.22. The van der Waals surface area contributed by atoms with E-state index in [1.807, 2.05) is 18.2 Å². The molecule has 1 aromatic rings. The smallest absolute Gasteiger partial charge is 0.240 e. The summed E-state index contributed by atoms with van der Waals surface area (Å²) < 4.78 is 0. The third-order valence-electron chi connectivity index (χ3n) is 2.46. The Balaban J connectivity index is 1.89. The van der Waals surface area contributed by atoms with Crippen LogP contribution in [0.4, 0.5) is 5.69 Å². The summed E-state index contributed by atoms with van der Waals surface area (Å²) in [6, 6.07) is 9.11. The van der Waals surface area contributed by atoms with Crippen molar-refractivity contribution in [2.24, 2.45) is 5.10 Å². The van der Waals surface area contributed by atoms with Gasteiger partial charge in [0.25, 0.3) is 0 Å². The fourth-order valence-electron chi connectivity index (χ4n) is 1.60. The molecule has 1 saturated heterocycles. The number of thioether (sulfide) groups is 1. The zero-order valence-corrected chi connectivity index (χ0v) is 11.4. The SMILES string of the molecule is C=CNN=C1NC(=O)C(CC(=O)Nc2ccccc2)S1. The quantitative estimate of drug-likeness (QED) is 0.713. The summed E-state index contributed by atoms with van der Waals surface area (Å²) in [4.78, 5) is 23.5. The Bertz CT molecular complexity index is 545. The molecule has 1 unspecified atom stereocenters. The molecule has 0 saturated carbocycles. The number of benzene rings is 1. The largest absolute Gasteiger partial charge is 0.326 e. The maximum atomic E-state index is 11.9. The predicted molar refractivity (Wildman–Crippen MR) is 80.0 cm³/mol. The number of anilines is 1. The molecule has 7 heteroatoms. The number of amidine groups is 1. The number of hydrazone groups is 1. The Morgan fingerprint density at radius 2 is 2.20 bits per heavy atom. The minimum Gasteiger partial charge on any atom is -0.326 e. The zero-order valence-electron chi connectivity index (χ0n) is 10.6. The van der Waals surface area contributed by atoms with Crippen molar-refractivity contribution in [2.45, 2.75) is 11.7 Å². The second-order valence-corrected chi connectivity index (χ2v) is 5.16. The summed E-state index contributed by atoms with van der Waals surface area (Å²) in [6.45, 7) is 3.45. The highest BCUT2D eigenvalue weighted by Gasteiger charge is 2.32. The molecule has 1 heterocycles. The van der Waals surface area contributed by atoms with Gasteiger partial charge >= 0.3 is 0 Å². The molecule has 1 aliphatic heterocycles. The van der Waals surface area contributed by atoms with E-state index >= 15 is 0 Å². The Morgan fingerprint density at radius 3 is 2.90 bits per heavy atom. The van der Waals surface area contributed by atoms with Crippen LogP contribution in [0.5, 0.6) is 0 Å². The summed E-state index contributed by atoms with van der Waals surface area (Å²) in [6.07, 6.45) is 1.49. The van der Waals surface area contributed by atoms with Gasteiger partial charge in [-0.3, -0.25) is 15.0 Å². The van der Waals surface area contributed by atoms with Crippen LogP contribution in [0.15, 0.2) is 48.2 Å². The van der Waals surface area contributed by atoms with Crippen LogP contribution in [-0.2, 0) is 9.59 Å². The molecule has 1 aliphatic rings. The molecule has 0 spiro atoms. The van der Waals surface area contributed by atoms with E-state index in [4.69, 9.17) is 0 Å². The van der Waals surface area contributed by atoms with Crippen LogP contribution in [0.2, 0.25) is 0 Å². The zero-order chi connectivity index (χ0) is 14.4. The lowest BCUT2D eigenvalue weighted by Crippen LogP contribution is -2.28. The molecular weight excluding hydrogens is 276 g/mol. The third kappa shape index (κ3) is 3.86. The van der Waals surface area contributed by atoms with Gasteiger partial charge in [0.05, 0.1) is 0 Å². The lowest BCUT2D eigenvalue weighted by molar-refractivity contribution is -0.122. The van der Waals surface area contributed by atoms with Gasteiger partial charge < -0.3 is 10.6 Å². The topological polar surface area (TPSA) is 82.6 Å². The van der Waals surface area contributed by atoms with E-state index in [0.29, 0.717) is 10.9 Å². The average molecular weight is 290 g/mol. The maximum absolute atomic E-state index is 11.9. The minimum atomic E-state index is -0.468. The Labute approximate surface area is 120 Å². The lowest BCUT2D eigenvalue weighted by atomic mass is 10.2. The minimum absolute atomic E-state index is 0.0957. The predicted octanol–water partition coefficient (Wildman–Crippen LogP) is 1.25. The van der Waals surface area contributed by atoms with Crippen molar-refractivity contribution in [1.82, 2.24) is 10.7 Å². The van der Waals surface area contributed by atoms with Crippen LogP contribution in [0.3, 0.4) is 0 Å². The second kappa shape index (κ2) is 6.76. The number of carbonyl (C=O) groups excluding carboxylic acids is 2. The lowest BCUT2D eigenvalue weighted by Gasteiger charge is -2.06. The van der Waals surface area contributed by atoms with E-state index in [0.717, 1.165) is 0 Å². The molecule has 20 heavy (non-hydrogen) atoms. The number of para-hydroxylation sites is 1. The fourth-order valence-corrected chi connectivity index (χ4v) is 2.53. The number of rotatable bonds is 5. The molecule has 104 valence electrons. The normalized spacial score (nSPS) is 19.5. The van der Waals surface area contributed by atoms with Crippen molar-refractivity contribution in [3.63, 3.8) is 0 Å². The van der Waals surface area contributed by atoms with E-state index in [2.05, 4.69) is 27.7 Å². The van der Waals surface area contributed by atoms with Crippen molar-refractivity contribution < 1.29 is 9.59 Å². The molecule has 3 N–H and O–H groups in total. The summed E-state index contributed by atoms with van der Waals surface area (Å²) in [7, 11) is 0. The standard InChI is InChI=1S/C13H14N4O2S/c1-2-14-17-13-16-12(19)10(20-13)8-11(18)15-9-6-4-3-5-7-9/h2-7,10,14H,1,8H2,(H,15,18)(H,16,17,19). The van der Waals surface area contributed by atoms with E-state index in [1.54, 1.807) is 12.1 Å². The first-order valence-corrected chi connectivity index (χ1v) is 6.83. The van der Waals surface area contributed by atoms with Crippen molar-refractivity contribution >= 4 is 34.4 Å². The average Bonchev–Trinajstić information content (AvgIpc) is 2.78. The molecule has 0 aliphatic carbocycles. The highest BCUT2D eigenvalue weighted by Crippen LogP contribution is 2.22. The fraction of sp³-hybridized carbons (Fsp3) is 0.154. The maximum Gasteiger partial charge on any atom is 0.240 e. The summed E-state index contributed by atoms with van der Waals surface area (Å²) in [5.74, 6) is -0.426. The molecule has 0 radical (unpaired) electrons. The third-order valence-corrected chi connectivity index (χ3v) is 3.54. The van der Waals surface area contributed by atoms with E-state index in [9.17, 15) is 9.59 Å². The molecular formula is C13H14N4O2S. The van der Waals surface area contributed by atoms with Gasteiger partial charge in [-0.05, 0) is 12.1 Å². The molecule has 6 nitrogen and oxygen atoms in total. The van der Waals surface area contributed by atoms with Gasteiger partial charge in [-0.15, -0.1) is 0 Å². The van der Waals surface area contributed by atoms with Crippen molar-refractivity contribution in [3.05, 3.63) is 43.1 Å². The van der Waals surface area contributed by atoms with Gasteiger partial charge in [-0.2, -0.15) is 5.10 Å². The number of nitrogens with one attached hydrogen (secondary N) is 3. The summed E-state index contributed by atoms with van der Waals surface area (Å²) in [5.41, 5.74) is 3.25. The first-order valence-electron chi connectivity index (χ1n) is 5.95. The number of hydrogen-bond donors (Lipinski definition) is 3. The van der Waals surface area contributed by atoms with Crippen molar-refractivity contribution in [2.75, 3.05) is 5.32 Å². The van der Waals surface area contributed by atoms with Crippen LogP contribution >= 0.6 is 11.8 Å². The summed E-state index contributed by atoms with van der Waals surface area (Å²) in [5, 5.41) is 9.19. The second-order valence-electron chi connectivity index (χ2n) is 3.96. The first-order chi connectivity index (χ1) is 9.69. The molecule has 0 aromatic heterocycles. The Hall–Kier alpha value is -2.28. The van der Waals surface area contributed by atoms with Crippen LogP contribution in [0.1, 0.15) is 6.42 Å². The number of amides is 2. The Morgan fingerprint density at radius 1 is 1.45 bits per heavy atom. The van der Waals surface area contributed by atoms with Crippen LogP contribution in [0.25, 0.3) is 0 Å². The monoisotopic (exact) mass is 290 g/mol. The van der Waals surface area contributed by atoms with E-state index in [-0.39, 0.29) is 18.2 Å². The number of nitrogens with zero attached hydrogens (tertiary/aromatic N) is 1. The highest BCUT2D eigenvalue weighted by atomic mass is 32.2. The van der Waals surface area contributed by atoms with Crippen LogP contribution < -0.4 is 16.1 Å². The molecule has 1 fully saturated rings. The highest BCUT2D eigenvalue weighted by molar-refractivity contribution is 8.15. The van der Waals surface area contributed by atoms with Crippen molar-refractivity contribution in [3.8, 4) is 0 Å². The van der Waals surface area contributed by atoms with Gasteiger partial charge in [0.2, 0.25) is 11.8 Å². The van der Waals surface area contributed by atoms with Crippen LogP contribution in [-0.4, -0.2) is 22.2 Å². The van der Waals surface area contributed by atoms with Gasteiger partial charge in [0.15, 0.2) is 5.17 Å². The molecule has 2 amide bonds. The molecule has 1 aromatic carbocycles. The van der Waals surface area contributed by atoms with Gasteiger partial charge in [0.1, 0.15) is 5.25 Å². The first kappa shape index (κ1) is 14.1. The van der Waals surface area contributed by atoms with E-state index in [1.165, 1.54) is 18.0 Å².